The monoisotopic (exact) mass is 340 g/mol. The Bertz CT molecular complexity index is 849. The SMILES string of the molecule is Cc1ccc(C(=O)Nc2cnc(OCc3ccccc3)s2)c(N)n1. The summed E-state index contributed by atoms with van der Waals surface area (Å²) in [6.45, 7) is 2.24. The zero-order chi connectivity index (χ0) is 16.9. The molecular weight excluding hydrogens is 324 g/mol. The van der Waals surface area contributed by atoms with E-state index in [2.05, 4.69) is 15.3 Å². The van der Waals surface area contributed by atoms with Crippen molar-refractivity contribution in [2.75, 3.05) is 11.1 Å². The molecule has 0 fully saturated rings. The van der Waals surface area contributed by atoms with E-state index in [1.54, 1.807) is 18.3 Å². The van der Waals surface area contributed by atoms with Gasteiger partial charge in [-0.3, -0.25) is 4.79 Å². The molecule has 0 unspecified atom stereocenters. The van der Waals surface area contributed by atoms with Gasteiger partial charge in [-0.05, 0) is 24.6 Å². The van der Waals surface area contributed by atoms with Crippen molar-refractivity contribution < 1.29 is 9.53 Å². The summed E-state index contributed by atoms with van der Waals surface area (Å²) in [7, 11) is 0. The summed E-state index contributed by atoms with van der Waals surface area (Å²) < 4.78 is 5.62. The Morgan fingerprint density at radius 2 is 2.04 bits per heavy atom. The first-order valence-electron chi connectivity index (χ1n) is 7.29. The zero-order valence-corrected chi connectivity index (χ0v) is 13.8. The Balaban J connectivity index is 1.62. The minimum absolute atomic E-state index is 0.206. The third-order valence-corrected chi connectivity index (χ3v) is 4.06. The van der Waals surface area contributed by atoms with Crippen molar-refractivity contribution in [2.45, 2.75) is 13.5 Å². The third-order valence-electron chi connectivity index (χ3n) is 3.23. The van der Waals surface area contributed by atoms with E-state index in [1.807, 2.05) is 37.3 Å². The summed E-state index contributed by atoms with van der Waals surface area (Å²) in [5.74, 6) is -0.115. The minimum atomic E-state index is -0.321. The molecule has 0 radical (unpaired) electrons. The number of aryl methyl sites for hydroxylation is 1. The van der Waals surface area contributed by atoms with Gasteiger partial charge >= 0.3 is 0 Å². The van der Waals surface area contributed by atoms with Crippen LogP contribution in [0, 0.1) is 6.92 Å². The van der Waals surface area contributed by atoms with Crippen molar-refractivity contribution >= 4 is 28.1 Å². The van der Waals surface area contributed by atoms with E-state index in [9.17, 15) is 4.79 Å². The first-order valence-corrected chi connectivity index (χ1v) is 8.10. The lowest BCUT2D eigenvalue weighted by atomic mass is 10.2. The number of rotatable bonds is 5. The Kier molecular flexibility index (Phi) is 4.72. The van der Waals surface area contributed by atoms with Gasteiger partial charge in [0.05, 0.1) is 11.8 Å². The van der Waals surface area contributed by atoms with Crippen LogP contribution in [0.4, 0.5) is 10.8 Å². The molecule has 0 aliphatic carbocycles. The maximum atomic E-state index is 12.2. The van der Waals surface area contributed by atoms with Crippen LogP contribution >= 0.6 is 11.3 Å². The van der Waals surface area contributed by atoms with Gasteiger partial charge < -0.3 is 15.8 Å². The highest BCUT2D eigenvalue weighted by Crippen LogP contribution is 2.26. The number of benzene rings is 1. The van der Waals surface area contributed by atoms with Gasteiger partial charge in [-0.25, -0.2) is 9.97 Å². The topological polar surface area (TPSA) is 90.1 Å². The number of nitrogens with two attached hydrogens (primary N) is 1. The number of pyridine rings is 1. The fourth-order valence-electron chi connectivity index (χ4n) is 2.05. The highest BCUT2D eigenvalue weighted by Gasteiger charge is 2.13. The fourth-order valence-corrected chi connectivity index (χ4v) is 2.71. The highest BCUT2D eigenvalue weighted by molar-refractivity contribution is 7.17. The largest absolute Gasteiger partial charge is 0.465 e. The molecule has 6 nitrogen and oxygen atoms in total. The molecule has 0 saturated heterocycles. The summed E-state index contributed by atoms with van der Waals surface area (Å²) in [5.41, 5.74) is 7.93. The molecule has 122 valence electrons. The number of aromatic nitrogens is 2. The number of nitrogen functional groups attached to an aromatic ring is 1. The number of carbonyl (C=O) groups is 1. The number of carbonyl (C=O) groups excluding carboxylic acids is 1. The van der Waals surface area contributed by atoms with Crippen LogP contribution in [0.1, 0.15) is 21.6 Å². The molecule has 1 aromatic carbocycles. The van der Waals surface area contributed by atoms with Crippen LogP contribution in [0.25, 0.3) is 0 Å². The van der Waals surface area contributed by atoms with E-state index in [0.717, 1.165) is 11.3 Å². The number of hydrogen-bond acceptors (Lipinski definition) is 6. The van der Waals surface area contributed by atoms with Crippen molar-refractivity contribution in [2.24, 2.45) is 0 Å². The van der Waals surface area contributed by atoms with Gasteiger partial charge in [0.1, 0.15) is 17.4 Å². The summed E-state index contributed by atoms with van der Waals surface area (Å²) in [6, 6.07) is 13.2. The molecule has 2 aromatic heterocycles. The first-order chi connectivity index (χ1) is 11.6. The first kappa shape index (κ1) is 15.9. The van der Waals surface area contributed by atoms with E-state index in [4.69, 9.17) is 10.5 Å². The molecule has 0 bridgehead atoms. The number of thiazole rings is 1. The van der Waals surface area contributed by atoms with Crippen LogP contribution in [0.3, 0.4) is 0 Å². The number of hydrogen-bond donors (Lipinski definition) is 2. The number of nitrogens with zero attached hydrogens (tertiary/aromatic N) is 2. The van der Waals surface area contributed by atoms with E-state index in [0.29, 0.717) is 22.4 Å². The van der Waals surface area contributed by atoms with Gasteiger partial charge in [0, 0.05) is 5.69 Å². The van der Waals surface area contributed by atoms with Gasteiger partial charge in [-0.15, -0.1) is 0 Å². The molecular formula is C17H16N4O2S. The Morgan fingerprint density at radius 1 is 1.25 bits per heavy atom. The average molecular weight is 340 g/mol. The second-order valence-electron chi connectivity index (χ2n) is 5.10. The quantitative estimate of drug-likeness (QED) is 0.744. The maximum absolute atomic E-state index is 12.2. The molecule has 0 saturated carbocycles. The van der Waals surface area contributed by atoms with Gasteiger partial charge in [-0.1, -0.05) is 41.7 Å². The Labute approximate surface area is 143 Å². The molecule has 2 heterocycles. The van der Waals surface area contributed by atoms with Crippen LogP contribution in [0.15, 0.2) is 48.7 Å². The minimum Gasteiger partial charge on any atom is -0.465 e. The lowest BCUT2D eigenvalue weighted by Gasteiger charge is -2.05. The van der Waals surface area contributed by atoms with Crippen LogP contribution in [-0.4, -0.2) is 15.9 Å². The van der Waals surface area contributed by atoms with Crippen molar-refractivity contribution in [3.8, 4) is 5.19 Å². The predicted molar refractivity (Wildman–Crippen MR) is 94.2 cm³/mol. The van der Waals surface area contributed by atoms with Gasteiger partial charge in [0.2, 0.25) is 0 Å². The van der Waals surface area contributed by atoms with E-state index in [-0.39, 0.29) is 11.7 Å². The van der Waals surface area contributed by atoms with Gasteiger partial charge in [0.25, 0.3) is 11.1 Å². The number of amides is 1. The number of anilines is 2. The van der Waals surface area contributed by atoms with Crippen molar-refractivity contribution in [1.29, 1.82) is 0 Å². The van der Waals surface area contributed by atoms with Crippen LogP contribution in [0.2, 0.25) is 0 Å². The normalized spacial score (nSPS) is 10.4. The van der Waals surface area contributed by atoms with Gasteiger partial charge in [-0.2, -0.15) is 0 Å². The Hall–Kier alpha value is -2.93. The summed E-state index contributed by atoms with van der Waals surface area (Å²) in [6.07, 6.45) is 1.56. The summed E-state index contributed by atoms with van der Waals surface area (Å²) in [5, 5.41) is 3.83. The zero-order valence-electron chi connectivity index (χ0n) is 13.0. The van der Waals surface area contributed by atoms with Gasteiger partial charge in [0.15, 0.2) is 0 Å². The maximum Gasteiger partial charge on any atom is 0.275 e. The molecule has 0 aliphatic rings. The number of nitrogens with one attached hydrogen (secondary N) is 1. The molecule has 3 N–H and O–H groups in total. The summed E-state index contributed by atoms with van der Waals surface area (Å²) in [4.78, 5) is 20.5. The van der Waals surface area contributed by atoms with E-state index >= 15 is 0 Å². The molecule has 3 aromatic rings. The molecule has 0 atom stereocenters. The van der Waals surface area contributed by atoms with Crippen molar-refractivity contribution in [1.82, 2.24) is 9.97 Å². The van der Waals surface area contributed by atoms with Crippen LogP contribution in [0.5, 0.6) is 5.19 Å². The molecule has 0 aliphatic heterocycles. The second kappa shape index (κ2) is 7.10. The predicted octanol–water partition coefficient (Wildman–Crippen LogP) is 3.26. The van der Waals surface area contributed by atoms with Crippen molar-refractivity contribution in [3.63, 3.8) is 0 Å². The lowest BCUT2D eigenvalue weighted by Crippen LogP contribution is -2.14. The molecule has 1 amide bonds. The van der Waals surface area contributed by atoms with E-state index in [1.165, 1.54) is 11.3 Å². The Morgan fingerprint density at radius 3 is 2.79 bits per heavy atom. The fraction of sp³-hybridized carbons (Fsp3) is 0.118. The average Bonchev–Trinajstić information content (AvgIpc) is 3.01. The number of ether oxygens (including phenoxy) is 1. The molecule has 24 heavy (non-hydrogen) atoms. The van der Waals surface area contributed by atoms with Crippen LogP contribution in [-0.2, 0) is 6.61 Å². The molecule has 0 spiro atoms. The van der Waals surface area contributed by atoms with E-state index < -0.39 is 0 Å². The summed E-state index contributed by atoms with van der Waals surface area (Å²) >= 11 is 1.26. The second-order valence-corrected chi connectivity index (χ2v) is 6.10. The smallest absolute Gasteiger partial charge is 0.275 e. The lowest BCUT2D eigenvalue weighted by molar-refractivity contribution is 0.102. The third kappa shape index (κ3) is 3.88. The molecule has 7 heteroatoms. The van der Waals surface area contributed by atoms with Crippen LogP contribution < -0.4 is 15.8 Å². The molecule has 3 rings (SSSR count). The standard InChI is InChI=1S/C17H16N4O2S/c1-11-7-8-13(15(18)20-11)16(22)21-14-9-19-17(24-14)23-10-12-5-3-2-4-6-12/h2-9H,10H2,1H3,(H2,18,20)(H,21,22). The highest BCUT2D eigenvalue weighted by atomic mass is 32.1. The van der Waals surface area contributed by atoms with Crippen molar-refractivity contribution in [3.05, 3.63) is 65.5 Å².